The molecule has 0 saturated carbocycles. The molecule has 0 radical (unpaired) electrons. The van der Waals surface area contributed by atoms with Crippen LogP contribution in [0.3, 0.4) is 0 Å². The van der Waals surface area contributed by atoms with Crippen LogP contribution >= 0.6 is 15.9 Å². The van der Waals surface area contributed by atoms with Crippen molar-refractivity contribution >= 4 is 32.7 Å². The number of fused-ring (bicyclic) bond motifs is 1. The number of hydrogen-bond donors (Lipinski definition) is 0. The molecule has 2 rings (SSSR count). The van der Waals surface area contributed by atoms with E-state index in [-0.39, 0.29) is 5.69 Å². The SMILES string of the molecule is O=[N+]([O-])c1ccc2oc(CBr)nc2c1. The first-order valence-electron chi connectivity index (χ1n) is 3.80. The number of hydrogen-bond acceptors (Lipinski definition) is 4. The van der Waals surface area contributed by atoms with Gasteiger partial charge in [-0.15, -0.1) is 0 Å². The number of benzene rings is 1. The van der Waals surface area contributed by atoms with Crippen molar-refractivity contribution in [2.24, 2.45) is 0 Å². The van der Waals surface area contributed by atoms with Crippen LogP contribution in [-0.4, -0.2) is 9.91 Å². The zero-order valence-corrected chi connectivity index (χ0v) is 8.52. The molecular weight excluding hydrogens is 252 g/mol. The van der Waals surface area contributed by atoms with Gasteiger partial charge >= 0.3 is 0 Å². The van der Waals surface area contributed by atoms with E-state index in [9.17, 15) is 10.1 Å². The molecule has 0 spiro atoms. The molecule has 14 heavy (non-hydrogen) atoms. The van der Waals surface area contributed by atoms with Gasteiger partial charge in [0.25, 0.3) is 5.69 Å². The second kappa shape index (κ2) is 3.38. The highest BCUT2D eigenvalue weighted by Gasteiger charge is 2.10. The summed E-state index contributed by atoms with van der Waals surface area (Å²) in [5, 5.41) is 11.0. The maximum atomic E-state index is 10.5. The van der Waals surface area contributed by atoms with E-state index in [4.69, 9.17) is 4.42 Å². The zero-order chi connectivity index (χ0) is 10.1. The Morgan fingerprint density at radius 2 is 2.36 bits per heavy atom. The lowest BCUT2D eigenvalue weighted by Gasteiger charge is -1.88. The molecule has 0 N–H and O–H groups in total. The summed E-state index contributed by atoms with van der Waals surface area (Å²) in [7, 11) is 0. The second-order valence-electron chi connectivity index (χ2n) is 2.65. The minimum atomic E-state index is -0.456. The van der Waals surface area contributed by atoms with E-state index in [2.05, 4.69) is 20.9 Å². The molecule has 72 valence electrons. The van der Waals surface area contributed by atoms with Gasteiger partial charge in [-0.3, -0.25) is 10.1 Å². The molecule has 1 aromatic heterocycles. The first-order chi connectivity index (χ1) is 6.70. The number of nitro groups is 1. The molecule has 0 fully saturated rings. The molecule has 1 heterocycles. The van der Waals surface area contributed by atoms with Crippen molar-refractivity contribution in [1.29, 1.82) is 0 Å². The van der Waals surface area contributed by atoms with Crippen molar-refractivity contribution < 1.29 is 9.34 Å². The average Bonchev–Trinajstić information content (AvgIpc) is 2.58. The summed E-state index contributed by atoms with van der Waals surface area (Å²) in [4.78, 5) is 14.1. The molecule has 0 aliphatic rings. The van der Waals surface area contributed by atoms with Crippen LogP contribution in [0, 0.1) is 10.1 Å². The van der Waals surface area contributed by atoms with Crippen LogP contribution in [0.5, 0.6) is 0 Å². The highest BCUT2D eigenvalue weighted by molar-refractivity contribution is 9.08. The van der Waals surface area contributed by atoms with Crippen molar-refractivity contribution in [1.82, 2.24) is 4.98 Å². The van der Waals surface area contributed by atoms with Crippen LogP contribution in [-0.2, 0) is 5.33 Å². The number of rotatable bonds is 2. The van der Waals surface area contributed by atoms with Gasteiger partial charge in [0.2, 0.25) is 5.89 Å². The van der Waals surface area contributed by atoms with E-state index in [1.54, 1.807) is 6.07 Å². The van der Waals surface area contributed by atoms with Gasteiger partial charge in [-0.1, -0.05) is 15.9 Å². The van der Waals surface area contributed by atoms with Crippen molar-refractivity contribution in [3.63, 3.8) is 0 Å². The molecule has 0 saturated heterocycles. The summed E-state index contributed by atoms with van der Waals surface area (Å²) in [6.07, 6.45) is 0. The van der Waals surface area contributed by atoms with Crippen molar-refractivity contribution in [3.8, 4) is 0 Å². The van der Waals surface area contributed by atoms with Crippen LogP contribution in [0.2, 0.25) is 0 Å². The van der Waals surface area contributed by atoms with E-state index in [1.165, 1.54) is 12.1 Å². The minimum Gasteiger partial charge on any atom is -0.440 e. The fraction of sp³-hybridized carbons (Fsp3) is 0.125. The lowest BCUT2D eigenvalue weighted by Crippen LogP contribution is -1.86. The van der Waals surface area contributed by atoms with Gasteiger partial charge in [0, 0.05) is 12.1 Å². The molecule has 0 aliphatic heterocycles. The highest BCUT2D eigenvalue weighted by atomic mass is 79.9. The van der Waals surface area contributed by atoms with Gasteiger partial charge in [-0.05, 0) is 6.07 Å². The number of nitrogens with zero attached hydrogens (tertiary/aromatic N) is 2. The van der Waals surface area contributed by atoms with Crippen molar-refractivity contribution in [2.75, 3.05) is 0 Å². The molecule has 0 unspecified atom stereocenters. The molecule has 1 aromatic carbocycles. The fourth-order valence-corrected chi connectivity index (χ4v) is 1.37. The number of oxazole rings is 1. The van der Waals surface area contributed by atoms with Gasteiger partial charge < -0.3 is 4.42 Å². The molecule has 0 aliphatic carbocycles. The fourth-order valence-electron chi connectivity index (χ4n) is 1.13. The van der Waals surface area contributed by atoms with Crippen LogP contribution in [0.15, 0.2) is 22.6 Å². The number of alkyl halides is 1. The Morgan fingerprint density at radius 1 is 1.57 bits per heavy atom. The zero-order valence-electron chi connectivity index (χ0n) is 6.94. The predicted octanol–water partition coefficient (Wildman–Crippen LogP) is 2.63. The molecule has 0 bridgehead atoms. The molecular formula is C8H5BrN2O3. The van der Waals surface area contributed by atoms with Gasteiger partial charge in [-0.2, -0.15) is 0 Å². The van der Waals surface area contributed by atoms with E-state index in [1.807, 2.05) is 0 Å². The number of nitro benzene ring substituents is 1. The van der Waals surface area contributed by atoms with E-state index in [0.717, 1.165) is 0 Å². The van der Waals surface area contributed by atoms with E-state index < -0.39 is 4.92 Å². The van der Waals surface area contributed by atoms with Crippen molar-refractivity contribution in [3.05, 3.63) is 34.2 Å². The van der Waals surface area contributed by atoms with E-state index in [0.29, 0.717) is 22.3 Å². The Morgan fingerprint density at radius 3 is 3.00 bits per heavy atom. The average molecular weight is 257 g/mol. The Kier molecular flexibility index (Phi) is 2.20. The van der Waals surface area contributed by atoms with Gasteiger partial charge in [0.05, 0.1) is 10.3 Å². The topological polar surface area (TPSA) is 69.2 Å². The first kappa shape index (κ1) is 9.14. The third kappa shape index (κ3) is 1.48. The van der Waals surface area contributed by atoms with Gasteiger partial charge in [0.15, 0.2) is 5.58 Å². The highest BCUT2D eigenvalue weighted by Crippen LogP contribution is 2.21. The van der Waals surface area contributed by atoms with Crippen LogP contribution in [0.25, 0.3) is 11.1 Å². The summed E-state index contributed by atoms with van der Waals surface area (Å²) in [6.45, 7) is 0. The second-order valence-corrected chi connectivity index (χ2v) is 3.21. The minimum absolute atomic E-state index is 0.0203. The molecule has 2 aromatic rings. The first-order valence-corrected chi connectivity index (χ1v) is 4.92. The third-order valence-electron chi connectivity index (χ3n) is 1.74. The predicted molar refractivity (Wildman–Crippen MR) is 53.3 cm³/mol. The lowest BCUT2D eigenvalue weighted by atomic mass is 10.3. The third-order valence-corrected chi connectivity index (χ3v) is 2.22. The largest absolute Gasteiger partial charge is 0.440 e. The molecule has 5 nitrogen and oxygen atoms in total. The Hall–Kier alpha value is -1.43. The maximum absolute atomic E-state index is 10.5. The summed E-state index contributed by atoms with van der Waals surface area (Å²) in [6, 6.07) is 4.34. The number of halogens is 1. The number of non-ortho nitro benzene ring substituents is 1. The Balaban J connectivity index is 2.59. The Labute approximate surface area is 87.0 Å². The van der Waals surface area contributed by atoms with Gasteiger partial charge in [0.1, 0.15) is 5.52 Å². The Bertz CT molecular complexity index is 494. The normalized spacial score (nSPS) is 10.6. The van der Waals surface area contributed by atoms with Crippen LogP contribution in [0.4, 0.5) is 5.69 Å². The molecule has 6 heteroatoms. The monoisotopic (exact) mass is 256 g/mol. The summed E-state index contributed by atoms with van der Waals surface area (Å²) < 4.78 is 5.27. The molecule has 0 amide bonds. The van der Waals surface area contributed by atoms with Crippen LogP contribution in [0.1, 0.15) is 5.89 Å². The lowest BCUT2D eigenvalue weighted by molar-refractivity contribution is -0.384. The maximum Gasteiger partial charge on any atom is 0.271 e. The summed E-state index contributed by atoms with van der Waals surface area (Å²) in [5.41, 5.74) is 1.09. The van der Waals surface area contributed by atoms with Crippen LogP contribution < -0.4 is 0 Å². The summed E-state index contributed by atoms with van der Waals surface area (Å²) in [5.74, 6) is 0.514. The quantitative estimate of drug-likeness (QED) is 0.471. The smallest absolute Gasteiger partial charge is 0.271 e. The van der Waals surface area contributed by atoms with Crippen molar-refractivity contribution in [2.45, 2.75) is 5.33 Å². The standard InChI is InChI=1S/C8H5BrN2O3/c9-4-8-10-6-3-5(11(12)13)1-2-7(6)14-8/h1-3H,4H2. The summed E-state index contributed by atoms with van der Waals surface area (Å²) >= 11 is 3.19. The number of aromatic nitrogens is 1. The van der Waals surface area contributed by atoms with E-state index >= 15 is 0 Å². The van der Waals surface area contributed by atoms with Gasteiger partial charge in [-0.25, -0.2) is 4.98 Å². The molecule has 0 atom stereocenters.